The molecule has 3 atom stereocenters. The van der Waals surface area contributed by atoms with Gasteiger partial charge in [0.1, 0.15) is 6.10 Å². The molecule has 338 valence electrons. The molecule has 6 heteroatoms. The van der Waals surface area contributed by atoms with Crippen LogP contribution in [0.15, 0.2) is 12.2 Å². The van der Waals surface area contributed by atoms with Crippen molar-refractivity contribution in [2.75, 3.05) is 6.61 Å². The Balaban J connectivity index is 4.57. The summed E-state index contributed by atoms with van der Waals surface area (Å²) in [6.07, 6.45) is 49.8. The number of hydrogen-bond acceptors (Lipinski definition) is 5. The van der Waals surface area contributed by atoms with E-state index in [2.05, 4.69) is 38.2 Å². The third kappa shape index (κ3) is 41.1. The maximum absolute atomic E-state index is 13.2. The number of rotatable bonds is 46. The zero-order chi connectivity index (χ0) is 41.7. The molecule has 0 heterocycles. The number of ether oxygens (including phenoxy) is 1. The van der Waals surface area contributed by atoms with Crippen molar-refractivity contribution in [2.45, 2.75) is 296 Å². The number of esters is 1. The van der Waals surface area contributed by atoms with Gasteiger partial charge in [-0.25, -0.2) is 0 Å². The van der Waals surface area contributed by atoms with Crippen molar-refractivity contribution in [3.8, 4) is 0 Å². The molecule has 57 heavy (non-hydrogen) atoms. The largest absolute Gasteiger partial charge is 0.462 e. The number of amides is 1. The van der Waals surface area contributed by atoms with Crippen molar-refractivity contribution < 1.29 is 24.5 Å². The van der Waals surface area contributed by atoms with E-state index in [-0.39, 0.29) is 24.9 Å². The quantitative estimate of drug-likeness (QED) is 0.0323. The molecule has 0 aromatic heterocycles. The number of unbranched alkanes of at least 4 members (excludes halogenated alkanes) is 32. The maximum Gasteiger partial charge on any atom is 0.306 e. The molecule has 3 N–H and O–H groups in total. The summed E-state index contributed by atoms with van der Waals surface area (Å²) in [5.74, 6) is -0.477. The predicted molar refractivity (Wildman–Crippen MR) is 246 cm³/mol. The fourth-order valence-corrected chi connectivity index (χ4v) is 7.96. The highest BCUT2D eigenvalue weighted by molar-refractivity contribution is 5.77. The second kappa shape index (κ2) is 45.7. The molecule has 0 saturated carbocycles. The number of hydrogen-bond donors (Lipinski definition) is 3. The van der Waals surface area contributed by atoms with Crippen LogP contribution in [0.25, 0.3) is 0 Å². The van der Waals surface area contributed by atoms with E-state index in [1.165, 1.54) is 180 Å². The van der Waals surface area contributed by atoms with Crippen LogP contribution in [-0.4, -0.2) is 46.9 Å². The fraction of sp³-hybridized carbons (Fsp3) is 0.922. The van der Waals surface area contributed by atoms with Crippen LogP contribution in [0.4, 0.5) is 0 Å². The standard InChI is InChI=1S/C51H99NO5/c1-4-7-10-13-16-19-22-24-25-27-28-30-33-36-39-42-47(57-51(56)44-41-38-35-32-29-26-23-20-17-14-11-8-5-2)45-50(55)52-48(46-53)49(54)43-40-37-34-31-21-18-15-12-9-6-3/h26,29,47-49,53-54H,4-25,27-28,30-46H2,1-3H3,(H,52,55)/b29-26-. The van der Waals surface area contributed by atoms with E-state index >= 15 is 0 Å². The van der Waals surface area contributed by atoms with E-state index in [4.69, 9.17) is 4.74 Å². The smallest absolute Gasteiger partial charge is 0.306 e. The van der Waals surface area contributed by atoms with Crippen LogP contribution in [0.5, 0.6) is 0 Å². The van der Waals surface area contributed by atoms with Crippen LogP contribution in [0.3, 0.4) is 0 Å². The first-order valence-electron chi connectivity index (χ1n) is 25.4. The monoisotopic (exact) mass is 806 g/mol. The summed E-state index contributed by atoms with van der Waals surface area (Å²) < 4.78 is 5.92. The molecule has 0 bridgehead atoms. The SMILES string of the molecule is CCCCCCCC/C=C\CCCCCC(=O)OC(CCCCCCCCCCCCCCCCC)CC(=O)NC(CO)C(O)CCCCCCCCCCCC. The summed E-state index contributed by atoms with van der Waals surface area (Å²) in [6.45, 7) is 6.48. The normalized spacial score (nSPS) is 13.3. The Labute approximate surface area is 355 Å². The molecular weight excluding hydrogens is 707 g/mol. The molecule has 0 saturated heterocycles. The van der Waals surface area contributed by atoms with Crippen LogP contribution in [0.1, 0.15) is 278 Å². The van der Waals surface area contributed by atoms with Gasteiger partial charge in [0, 0.05) is 6.42 Å². The van der Waals surface area contributed by atoms with Crippen LogP contribution >= 0.6 is 0 Å². The van der Waals surface area contributed by atoms with Crippen LogP contribution < -0.4 is 5.32 Å². The summed E-state index contributed by atoms with van der Waals surface area (Å²) in [5.41, 5.74) is 0. The van der Waals surface area contributed by atoms with Gasteiger partial charge in [0.25, 0.3) is 0 Å². The van der Waals surface area contributed by atoms with Gasteiger partial charge >= 0.3 is 5.97 Å². The fourth-order valence-electron chi connectivity index (χ4n) is 7.96. The minimum Gasteiger partial charge on any atom is -0.462 e. The average Bonchev–Trinajstić information content (AvgIpc) is 3.20. The first-order chi connectivity index (χ1) is 28.0. The van der Waals surface area contributed by atoms with Gasteiger partial charge < -0.3 is 20.3 Å². The number of aliphatic hydroxyl groups is 2. The zero-order valence-corrected chi connectivity index (χ0v) is 38.5. The molecule has 1 amide bonds. The van der Waals surface area contributed by atoms with Crippen molar-refractivity contribution in [1.82, 2.24) is 5.32 Å². The third-order valence-electron chi connectivity index (χ3n) is 11.8. The van der Waals surface area contributed by atoms with E-state index in [0.29, 0.717) is 19.3 Å². The van der Waals surface area contributed by atoms with Gasteiger partial charge in [-0.2, -0.15) is 0 Å². The number of carbonyl (C=O) groups is 2. The highest BCUT2D eigenvalue weighted by atomic mass is 16.5. The lowest BCUT2D eigenvalue weighted by Crippen LogP contribution is -2.46. The Morgan fingerprint density at radius 2 is 0.842 bits per heavy atom. The second-order valence-corrected chi connectivity index (χ2v) is 17.6. The Hall–Kier alpha value is -1.40. The van der Waals surface area contributed by atoms with Gasteiger partial charge in [-0.3, -0.25) is 9.59 Å². The first kappa shape index (κ1) is 55.6. The molecule has 0 aliphatic rings. The van der Waals surface area contributed by atoms with E-state index in [1.54, 1.807) is 0 Å². The lowest BCUT2D eigenvalue weighted by Gasteiger charge is -2.24. The van der Waals surface area contributed by atoms with Crippen molar-refractivity contribution in [1.29, 1.82) is 0 Å². The van der Waals surface area contributed by atoms with Crippen LogP contribution in [0, 0.1) is 0 Å². The molecular formula is C51H99NO5. The lowest BCUT2D eigenvalue weighted by atomic mass is 10.0. The van der Waals surface area contributed by atoms with Crippen LogP contribution in [0.2, 0.25) is 0 Å². The summed E-state index contributed by atoms with van der Waals surface area (Å²) in [5, 5.41) is 23.7. The Morgan fingerprint density at radius 3 is 1.25 bits per heavy atom. The number of aliphatic hydroxyl groups excluding tert-OH is 2. The van der Waals surface area contributed by atoms with Crippen molar-refractivity contribution in [2.24, 2.45) is 0 Å². The molecule has 0 aliphatic heterocycles. The van der Waals surface area contributed by atoms with E-state index in [1.807, 2.05) is 0 Å². The Morgan fingerprint density at radius 1 is 0.491 bits per heavy atom. The first-order valence-corrected chi connectivity index (χ1v) is 25.4. The molecule has 0 fully saturated rings. The third-order valence-corrected chi connectivity index (χ3v) is 11.8. The van der Waals surface area contributed by atoms with Gasteiger partial charge in [-0.15, -0.1) is 0 Å². The van der Waals surface area contributed by atoms with Gasteiger partial charge in [-0.05, 0) is 51.4 Å². The van der Waals surface area contributed by atoms with E-state index < -0.39 is 18.2 Å². The molecule has 0 aromatic carbocycles. The molecule has 0 aromatic rings. The average molecular weight is 806 g/mol. The number of carbonyl (C=O) groups excluding carboxylic acids is 2. The van der Waals surface area contributed by atoms with E-state index in [0.717, 1.165) is 51.4 Å². The van der Waals surface area contributed by atoms with Crippen LogP contribution in [-0.2, 0) is 14.3 Å². The summed E-state index contributed by atoms with van der Waals surface area (Å²) in [7, 11) is 0. The molecule has 6 nitrogen and oxygen atoms in total. The summed E-state index contributed by atoms with van der Waals surface area (Å²) >= 11 is 0. The van der Waals surface area contributed by atoms with Gasteiger partial charge in [0.15, 0.2) is 0 Å². The topological polar surface area (TPSA) is 95.9 Å². The molecule has 0 rings (SSSR count). The van der Waals surface area contributed by atoms with Crippen molar-refractivity contribution >= 4 is 11.9 Å². The number of allylic oxidation sites excluding steroid dienone is 2. The second-order valence-electron chi connectivity index (χ2n) is 17.6. The lowest BCUT2D eigenvalue weighted by molar-refractivity contribution is -0.151. The van der Waals surface area contributed by atoms with Gasteiger partial charge in [-0.1, -0.05) is 226 Å². The highest BCUT2D eigenvalue weighted by Crippen LogP contribution is 2.18. The van der Waals surface area contributed by atoms with Gasteiger partial charge in [0.2, 0.25) is 5.91 Å². The zero-order valence-electron chi connectivity index (χ0n) is 38.5. The predicted octanol–water partition coefficient (Wildman–Crippen LogP) is 15.0. The molecule has 0 aliphatic carbocycles. The van der Waals surface area contributed by atoms with Crippen molar-refractivity contribution in [3.63, 3.8) is 0 Å². The highest BCUT2D eigenvalue weighted by Gasteiger charge is 2.24. The maximum atomic E-state index is 13.2. The number of nitrogens with one attached hydrogen (secondary N) is 1. The molecule has 0 spiro atoms. The van der Waals surface area contributed by atoms with E-state index in [9.17, 15) is 19.8 Å². The van der Waals surface area contributed by atoms with Crippen molar-refractivity contribution in [3.05, 3.63) is 12.2 Å². The molecule has 3 unspecified atom stereocenters. The Bertz CT molecular complexity index is 863. The summed E-state index contributed by atoms with van der Waals surface area (Å²) in [6, 6.07) is -0.696. The Kier molecular flexibility index (Phi) is 44.6. The molecule has 0 radical (unpaired) electrons. The minimum atomic E-state index is -0.782. The summed E-state index contributed by atoms with van der Waals surface area (Å²) in [4.78, 5) is 26.1. The van der Waals surface area contributed by atoms with Gasteiger partial charge in [0.05, 0.1) is 25.2 Å². The minimum absolute atomic E-state index is 0.0786.